The molecule has 5 atom stereocenters. The fourth-order valence-electron chi connectivity index (χ4n) is 2.22. The third-order valence-electron chi connectivity index (χ3n) is 2.72. The van der Waals surface area contributed by atoms with Crippen LogP contribution in [-0.2, 0) is 13.7 Å². The zero-order valence-electron chi connectivity index (χ0n) is 6.31. The van der Waals surface area contributed by atoms with Crippen LogP contribution in [0, 0.1) is 0 Å². The van der Waals surface area contributed by atoms with Crippen molar-refractivity contribution < 1.29 is 13.7 Å². The predicted octanol–water partition coefficient (Wildman–Crippen LogP) is 1.15. The van der Waals surface area contributed by atoms with Crippen LogP contribution in [0.2, 0.25) is 0 Å². The Morgan fingerprint density at radius 2 is 2.42 bits per heavy atom. The number of ether oxygens (including phenoxy) is 2. The summed E-state index contributed by atoms with van der Waals surface area (Å²) in [5.74, 6) is 0. The zero-order chi connectivity index (χ0) is 8.13. The summed E-state index contributed by atoms with van der Waals surface area (Å²) in [4.78, 5) is 0. The highest BCUT2D eigenvalue weighted by Gasteiger charge is 2.60. The third kappa shape index (κ3) is 0.902. The SMILES string of the molecule is ClCOC1C2CC3SOC1C3O2. The molecule has 0 amide bonds. The summed E-state index contributed by atoms with van der Waals surface area (Å²) < 4.78 is 16.6. The molecule has 2 bridgehead atoms. The lowest BCUT2D eigenvalue weighted by Gasteiger charge is -2.21. The molecule has 0 aromatic carbocycles. The number of hydrogen-bond acceptors (Lipinski definition) is 4. The third-order valence-corrected chi connectivity index (χ3v) is 3.89. The number of fused-ring (bicyclic) bond motifs is 1. The second-order valence-corrected chi connectivity index (χ2v) is 4.52. The van der Waals surface area contributed by atoms with Crippen molar-refractivity contribution in [1.82, 2.24) is 0 Å². The number of hydrogen-bond donors (Lipinski definition) is 0. The fraction of sp³-hybridized carbons (Fsp3) is 1.00. The summed E-state index contributed by atoms with van der Waals surface area (Å²) in [5, 5.41) is 0.537. The molecule has 3 nitrogen and oxygen atoms in total. The standard InChI is InChI=1S/C7H9ClO3S/c8-2-9-5-3-1-4-6(10-3)7(5)11-12-4/h3-7H,1-2H2. The van der Waals surface area contributed by atoms with Gasteiger partial charge in [-0.05, 0) is 18.5 Å². The molecule has 3 saturated heterocycles. The van der Waals surface area contributed by atoms with E-state index in [0.717, 1.165) is 6.42 Å². The van der Waals surface area contributed by atoms with E-state index in [4.69, 9.17) is 25.3 Å². The van der Waals surface area contributed by atoms with Crippen LogP contribution in [-0.4, -0.2) is 35.7 Å². The first-order chi connectivity index (χ1) is 5.90. The van der Waals surface area contributed by atoms with Crippen LogP contribution in [0.5, 0.6) is 0 Å². The van der Waals surface area contributed by atoms with Crippen molar-refractivity contribution in [2.75, 3.05) is 6.07 Å². The van der Waals surface area contributed by atoms with Crippen molar-refractivity contribution in [2.24, 2.45) is 0 Å². The van der Waals surface area contributed by atoms with Gasteiger partial charge >= 0.3 is 0 Å². The Morgan fingerprint density at radius 3 is 3.25 bits per heavy atom. The quantitative estimate of drug-likeness (QED) is 0.503. The van der Waals surface area contributed by atoms with Gasteiger partial charge in [-0.3, -0.25) is 0 Å². The second kappa shape index (κ2) is 2.75. The highest BCUT2D eigenvalue weighted by Crippen LogP contribution is 2.50. The molecule has 0 aliphatic carbocycles. The molecule has 0 N–H and O–H groups in total. The van der Waals surface area contributed by atoms with Gasteiger partial charge in [0.2, 0.25) is 0 Å². The molecular formula is C7H9ClO3S. The van der Waals surface area contributed by atoms with E-state index in [9.17, 15) is 0 Å². The van der Waals surface area contributed by atoms with E-state index in [1.807, 2.05) is 0 Å². The van der Waals surface area contributed by atoms with Crippen molar-refractivity contribution in [3.05, 3.63) is 0 Å². The van der Waals surface area contributed by atoms with E-state index in [1.165, 1.54) is 0 Å². The Kier molecular flexibility index (Phi) is 1.81. The fourth-order valence-corrected chi connectivity index (χ4v) is 3.45. The summed E-state index contributed by atoms with van der Waals surface area (Å²) in [6, 6.07) is 0.229. The van der Waals surface area contributed by atoms with E-state index < -0.39 is 0 Å². The van der Waals surface area contributed by atoms with Gasteiger partial charge in [0.05, 0.1) is 11.4 Å². The Hall–Kier alpha value is 0.520. The molecule has 0 radical (unpaired) electrons. The van der Waals surface area contributed by atoms with Crippen LogP contribution in [0.4, 0.5) is 0 Å². The molecule has 3 fully saturated rings. The average Bonchev–Trinajstić information content (AvgIpc) is 2.61. The number of alkyl halides is 1. The van der Waals surface area contributed by atoms with Crippen molar-refractivity contribution >= 4 is 23.6 Å². The number of rotatable bonds is 2. The lowest BCUT2D eigenvalue weighted by molar-refractivity contribution is -0.00417. The van der Waals surface area contributed by atoms with Crippen LogP contribution in [0.25, 0.3) is 0 Å². The van der Waals surface area contributed by atoms with Crippen LogP contribution in [0.15, 0.2) is 0 Å². The summed E-state index contributed by atoms with van der Waals surface area (Å²) >= 11 is 7.06. The Balaban J connectivity index is 1.81. The van der Waals surface area contributed by atoms with Crippen LogP contribution in [0.3, 0.4) is 0 Å². The molecular weight excluding hydrogens is 200 g/mol. The maximum atomic E-state index is 5.69. The maximum Gasteiger partial charge on any atom is 0.128 e. The molecule has 68 valence electrons. The van der Waals surface area contributed by atoms with Gasteiger partial charge in [0.25, 0.3) is 0 Å². The molecule has 3 rings (SSSR count). The minimum atomic E-state index is 0.0683. The van der Waals surface area contributed by atoms with Crippen molar-refractivity contribution in [2.45, 2.75) is 36.1 Å². The number of halogens is 1. The predicted molar refractivity (Wildman–Crippen MR) is 45.1 cm³/mol. The van der Waals surface area contributed by atoms with Crippen LogP contribution < -0.4 is 0 Å². The Bertz CT molecular complexity index is 201. The van der Waals surface area contributed by atoms with E-state index in [1.54, 1.807) is 12.0 Å². The highest BCUT2D eigenvalue weighted by molar-refractivity contribution is 7.95. The normalized spacial score (nSPS) is 55.2. The van der Waals surface area contributed by atoms with E-state index in [-0.39, 0.29) is 30.5 Å². The van der Waals surface area contributed by atoms with Crippen LogP contribution >= 0.6 is 23.6 Å². The topological polar surface area (TPSA) is 27.7 Å². The van der Waals surface area contributed by atoms with Gasteiger partial charge in [-0.1, -0.05) is 11.6 Å². The molecule has 3 heterocycles. The zero-order valence-corrected chi connectivity index (χ0v) is 7.88. The molecule has 5 heteroatoms. The smallest absolute Gasteiger partial charge is 0.128 e. The van der Waals surface area contributed by atoms with Crippen molar-refractivity contribution in [3.63, 3.8) is 0 Å². The molecule has 12 heavy (non-hydrogen) atoms. The van der Waals surface area contributed by atoms with Crippen molar-refractivity contribution in [1.29, 1.82) is 0 Å². The Morgan fingerprint density at radius 1 is 1.50 bits per heavy atom. The summed E-state index contributed by atoms with van der Waals surface area (Å²) in [5.41, 5.74) is 0. The highest BCUT2D eigenvalue weighted by atomic mass is 35.5. The molecule has 0 saturated carbocycles. The lowest BCUT2D eigenvalue weighted by atomic mass is 9.94. The first-order valence-corrected chi connectivity index (χ1v) is 5.39. The van der Waals surface area contributed by atoms with Gasteiger partial charge in [-0.25, -0.2) is 0 Å². The Labute approximate surface area is 79.9 Å². The minimum absolute atomic E-state index is 0.0683. The van der Waals surface area contributed by atoms with E-state index >= 15 is 0 Å². The van der Waals surface area contributed by atoms with E-state index in [0.29, 0.717) is 5.25 Å². The molecule has 5 unspecified atom stereocenters. The largest absolute Gasteiger partial charge is 0.368 e. The van der Waals surface area contributed by atoms with Gasteiger partial charge in [0, 0.05) is 0 Å². The van der Waals surface area contributed by atoms with E-state index in [2.05, 4.69) is 0 Å². The summed E-state index contributed by atoms with van der Waals surface area (Å²) in [6.07, 6.45) is 1.72. The maximum absolute atomic E-state index is 5.69. The molecule has 0 spiro atoms. The first kappa shape index (κ1) is 7.88. The van der Waals surface area contributed by atoms with Gasteiger partial charge in [0.1, 0.15) is 24.4 Å². The van der Waals surface area contributed by atoms with Gasteiger partial charge in [-0.2, -0.15) is 0 Å². The van der Waals surface area contributed by atoms with Gasteiger partial charge in [-0.15, -0.1) is 0 Å². The average molecular weight is 209 g/mol. The minimum Gasteiger partial charge on any atom is -0.368 e. The molecule has 3 aliphatic heterocycles. The first-order valence-electron chi connectivity index (χ1n) is 4.05. The second-order valence-electron chi connectivity index (χ2n) is 3.31. The monoisotopic (exact) mass is 208 g/mol. The van der Waals surface area contributed by atoms with Gasteiger partial charge in [0.15, 0.2) is 0 Å². The molecule has 0 aromatic heterocycles. The van der Waals surface area contributed by atoms with Crippen LogP contribution in [0.1, 0.15) is 6.42 Å². The van der Waals surface area contributed by atoms with Gasteiger partial charge < -0.3 is 13.7 Å². The lowest BCUT2D eigenvalue weighted by Crippen LogP contribution is -2.39. The molecule has 3 aliphatic rings. The molecule has 0 aromatic rings. The summed E-state index contributed by atoms with van der Waals surface area (Å²) in [6.45, 7) is 0. The van der Waals surface area contributed by atoms with Crippen molar-refractivity contribution in [3.8, 4) is 0 Å². The summed E-state index contributed by atoms with van der Waals surface area (Å²) in [7, 11) is 0.